The van der Waals surface area contributed by atoms with Crippen molar-refractivity contribution in [3.63, 3.8) is 0 Å². The number of thioether (sulfide) groups is 1. The molecule has 1 aromatic carbocycles. The number of benzene rings is 1. The lowest BCUT2D eigenvalue weighted by atomic mass is 9.49. The highest BCUT2D eigenvalue weighted by Gasteiger charge is 2.53. The second kappa shape index (κ2) is 7.52. The van der Waals surface area contributed by atoms with Gasteiger partial charge in [-0.05, 0) is 97.7 Å². The van der Waals surface area contributed by atoms with Crippen LogP contribution < -0.4 is 0 Å². The Morgan fingerprint density at radius 3 is 2.37 bits per heavy atom. The fourth-order valence-electron chi connectivity index (χ4n) is 6.34. The van der Waals surface area contributed by atoms with E-state index in [0.717, 1.165) is 17.8 Å². The van der Waals surface area contributed by atoms with Crippen LogP contribution in [0.25, 0.3) is 0 Å². The molecule has 1 aromatic rings. The van der Waals surface area contributed by atoms with Crippen molar-refractivity contribution in [2.45, 2.75) is 38.5 Å². The number of carbonyl (C=O) groups is 2. The van der Waals surface area contributed by atoms with E-state index in [-0.39, 0.29) is 17.1 Å². The zero-order chi connectivity index (χ0) is 20.9. The van der Waals surface area contributed by atoms with Crippen LogP contribution in [0.15, 0.2) is 40.2 Å². The van der Waals surface area contributed by atoms with Gasteiger partial charge in [0.1, 0.15) is 5.82 Å². The maximum Gasteiger partial charge on any atom is 0.331 e. The second-order valence-corrected chi connectivity index (χ2v) is 10.3. The topological polar surface area (TPSA) is 59.0 Å². The Hall–Kier alpha value is -2.15. The molecule has 4 saturated carbocycles. The predicted molar refractivity (Wildman–Crippen MR) is 114 cm³/mol. The average molecular weight is 429 g/mol. The summed E-state index contributed by atoms with van der Waals surface area (Å²) < 4.78 is 18.0. The van der Waals surface area contributed by atoms with Crippen LogP contribution in [0.4, 0.5) is 10.1 Å². The first kappa shape index (κ1) is 19.8. The smallest absolute Gasteiger partial charge is 0.331 e. The van der Waals surface area contributed by atoms with Gasteiger partial charge in [-0.3, -0.25) is 9.69 Å². The van der Waals surface area contributed by atoms with E-state index in [2.05, 4.69) is 4.99 Å². The zero-order valence-electron chi connectivity index (χ0n) is 17.0. The molecule has 30 heavy (non-hydrogen) atoms. The SMILES string of the molecule is COC(=O)/C=C1\SC(=Nc2ccc(F)cc2)N(CC23CC4CC(CC(C4)C2)C3)C1=O. The third-order valence-electron chi connectivity index (χ3n) is 7.05. The summed E-state index contributed by atoms with van der Waals surface area (Å²) in [5, 5.41) is 0.553. The van der Waals surface area contributed by atoms with Crippen molar-refractivity contribution in [1.82, 2.24) is 4.90 Å². The Labute approximate surface area is 179 Å². The minimum atomic E-state index is -0.552. The summed E-state index contributed by atoms with van der Waals surface area (Å²) in [6.07, 6.45) is 8.78. The number of carbonyl (C=O) groups excluding carboxylic acids is 2. The molecule has 5 fully saturated rings. The summed E-state index contributed by atoms with van der Waals surface area (Å²) in [7, 11) is 1.30. The van der Waals surface area contributed by atoms with Gasteiger partial charge in [-0.15, -0.1) is 0 Å². The Bertz CT molecular complexity index is 905. The van der Waals surface area contributed by atoms with Gasteiger partial charge in [-0.25, -0.2) is 14.2 Å². The number of esters is 1. The van der Waals surface area contributed by atoms with Crippen molar-refractivity contribution < 1.29 is 18.7 Å². The highest BCUT2D eigenvalue weighted by atomic mass is 32.2. The molecule has 1 amide bonds. The number of nitrogens with zero attached hydrogens (tertiary/aromatic N) is 2. The van der Waals surface area contributed by atoms with Crippen molar-refractivity contribution in [2.24, 2.45) is 28.2 Å². The largest absolute Gasteiger partial charge is 0.466 e. The maximum atomic E-state index is 13.3. The second-order valence-electron chi connectivity index (χ2n) is 9.31. The molecular formula is C23H25FN2O3S. The monoisotopic (exact) mass is 428 g/mol. The summed E-state index contributed by atoms with van der Waals surface area (Å²) in [5.74, 6) is 1.27. The van der Waals surface area contributed by atoms with Gasteiger partial charge >= 0.3 is 5.97 Å². The number of rotatable bonds is 4. The molecule has 0 unspecified atom stereocenters. The van der Waals surface area contributed by atoms with Gasteiger partial charge in [-0.1, -0.05) is 0 Å². The summed E-state index contributed by atoms with van der Waals surface area (Å²) in [5.41, 5.74) is 0.733. The normalized spacial score (nSPS) is 34.9. The first-order chi connectivity index (χ1) is 14.4. The number of halogens is 1. The van der Waals surface area contributed by atoms with Crippen molar-refractivity contribution in [1.29, 1.82) is 0 Å². The van der Waals surface area contributed by atoms with Crippen LogP contribution in [0, 0.1) is 29.0 Å². The van der Waals surface area contributed by atoms with Gasteiger partial charge in [0.25, 0.3) is 5.91 Å². The highest BCUT2D eigenvalue weighted by Crippen LogP contribution is 2.60. The Morgan fingerprint density at radius 2 is 1.80 bits per heavy atom. The number of amidine groups is 1. The number of hydrogen-bond donors (Lipinski definition) is 0. The van der Waals surface area contributed by atoms with Crippen molar-refractivity contribution in [3.05, 3.63) is 41.1 Å². The first-order valence-corrected chi connectivity index (χ1v) is 11.4. The van der Waals surface area contributed by atoms with E-state index in [9.17, 15) is 14.0 Å². The van der Waals surface area contributed by atoms with E-state index in [0.29, 0.717) is 22.3 Å². The van der Waals surface area contributed by atoms with E-state index in [4.69, 9.17) is 4.74 Å². The summed E-state index contributed by atoms with van der Waals surface area (Å²) in [6.45, 7) is 0.640. The Morgan fingerprint density at radius 1 is 1.20 bits per heavy atom. The molecule has 6 rings (SSSR count). The predicted octanol–water partition coefficient (Wildman–Crippen LogP) is 4.66. The lowest BCUT2D eigenvalue weighted by Crippen LogP contribution is -2.52. The quantitative estimate of drug-likeness (QED) is 0.517. The molecule has 0 atom stereocenters. The molecule has 4 bridgehead atoms. The lowest BCUT2D eigenvalue weighted by molar-refractivity contribution is -0.135. The molecule has 0 aromatic heterocycles. The van der Waals surface area contributed by atoms with E-state index in [1.54, 1.807) is 17.0 Å². The molecule has 1 heterocycles. The first-order valence-electron chi connectivity index (χ1n) is 10.6. The highest BCUT2D eigenvalue weighted by molar-refractivity contribution is 8.18. The minimum absolute atomic E-state index is 0.148. The van der Waals surface area contributed by atoms with Gasteiger partial charge < -0.3 is 4.74 Å². The van der Waals surface area contributed by atoms with Crippen LogP contribution in [-0.2, 0) is 14.3 Å². The van der Waals surface area contributed by atoms with Gasteiger partial charge in [0.15, 0.2) is 5.17 Å². The maximum absolute atomic E-state index is 13.3. The van der Waals surface area contributed by atoms with E-state index in [1.165, 1.54) is 75.6 Å². The molecule has 7 heteroatoms. The molecule has 5 nitrogen and oxygen atoms in total. The number of methoxy groups -OCH3 is 1. The molecule has 158 valence electrons. The Kier molecular flexibility index (Phi) is 4.96. The molecule has 0 N–H and O–H groups in total. The lowest BCUT2D eigenvalue weighted by Gasteiger charge is -2.57. The van der Waals surface area contributed by atoms with E-state index < -0.39 is 5.97 Å². The Balaban J connectivity index is 1.46. The molecule has 0 radical (unpaired) electrons. The number of hydrogen-bond acceptors (Lipinski definition) is 5. The summed E-state index contributed by atoms with van der Waals surface area (Å²) >= 11 is 1.19. The minimum Gasteiger partial charge on any atom is -0.466 e. The molecule has 0 spiro atoms. The van der Waals surface area contributed by atoms with Crippen LogP contribution in [0.2, 0.25) is 0 Å². The number of aliphatic imine (C=N–C) groups is 1. The van der Waals surface area contributed by atoms with E-state index >= 15 is 0 Å². The van der Waals surface area contributed by atoms with Crippen LogP contribution in [0.1, 0.15) is 38.5 Å². The number of ether oxygens (including phenoxy) is 1. The molecule has 1 saturated heterocycles. The van der Waals surface area contributed by atoms with Gasteiger partial charge in [-0.2, -0.15) is 0 Å². The molecule has 4 aliphatic carbocycles. The van der Waals surface area contributed by atoms with Crippen LogP contribution in [-0.4, -0.2) is 35.6 Å². The van der Waals surface area contributed by atoms with Gasteiger partial charge in [0, 0.05) is 12.6 Å². The van der Waals surface area contributed by atoms with E-state index in [1.807, 2.05) is 0 Å². The molecular weight excluding hydrogens is 403 g/mol. The molecule has 1 aliphatic heterocycles. The van der Waals surface area contributed by atoms with Crippen molar-refractivity contribution in [3.8, 4) is 0 Å². The van der Waals surface area contributed by atoms with Crippen LogP contribution in [0.3, 0.4) is 0 Å². The van der Waals surface area contributed by atoms with Crippen LogP contribution in [0.5, 0.6) is 0 Å². The summed E-state index contributed by atoms with van der Waals surface area (Å²) in [4.78, 5) is 31.7. The third kappa shape index (κ3) is 3.68. The number of amides is 1. The van der Waals surface area contributed by atoms with Crippen molar-refractivity contribution >= 4 is 34.5 Å². The standard InChI is InChI=1S/C23H25FN2O3S/c1-29-20(27)9-19-21(28)26(22(30-19)25-18-4-2-17(24)3-5-18)13-23-10-14-6-15(11-23)8-16(7-14)12-23/h2-5,9,14-16H,6-8,10-13H2,1H3/b19-9-,25-22?. The van der Waals surface area contributed by atoms with Gasteiger partial charge in [0.2, 0.25) is 0 Å². The average Bonchev–Trinajstić information content (AvgIpc) is 2.97. The molecule has 5 aliphatic rings. The third-order valence-corrected chi connectivity index (χ3v) is 8.05. The zero-order valence-corrected chi connectivity index (χ0v) is 17.8. The van der Waals surface area contributed by atoms with Crippen LogP contribution >= 0.6 is 11.8 Å². The van der Waals surface area contributed by atoms with Gasteiger partial charge in [0.05, 0.1) is 17.7 Å². The fourth-order valence-corrected chi connectivity index (χ4v) is 7.30. The summed E-state index contributed by atoms with van der Waals surface area (Å²) in [6, 6.07) is 5.90. The van der Waals surface area contributed by atoms with Crippen molar-refractivity contribution in [2.75, 3.05) is 13.7 Å². The fraction of sp³-hybridized carbons (Fsp3) is 0.522.